The van der Waals surface area contributed by atoms with Gasteiger partial charge < -0.3 is 4.74 Å². The number of sulfonamides is 1. The molecule has 0 saturated heterocycles. The van der Waals surface area contributed by atoms with E-state index in [1.165, 1.54) is 18.2 Å². The Hall–Kier alpha value is -1.95. The van der Waals surface area contributed by atoms with Crippen LogP contribution in [-0.4, -0.2) is 15.5 Å². The largest absolute Gasteiger partial charge is 0.497 e. The highest BCUT2D eigenvalue weighted by molar-refractivity contribution is 7.92. The molecule has 3 aromatic carbocycles. The molecular formula is C17H13Cl2NO3S. The third kappa shape index (κ3) is 3.43. The number of anilines is 1. The van der Waals surface area contributed by atoms with Crippen molar-refractivity contribution in [3.8, 4) is 5.75 Å². The second-order valence-electron chi connectivity index (χ2n) is 5.10. The van der Waals surface area contributed by atoms with E-state index in [1.807, 2.05) is 12.1 Å². The number of methoxy groups -OCH3 is 1. The van der Waals surface area contributed by atoms with Crippen molar-refractivity contribution in [2.45, 2.75) is 4.90 Å². The second-order valence-corrected chi connectivity index (χ2v) is 7.66. The standard InChI is InChI=1S/C17H13Cl2NO3S/c1-23-14-5-6-16-11(7-14)3-2-4-17(16)20-24(21,22)15-9-12(18)8-13(19)10-15/h2-10,20H,1H3. The zero-order valence-corrected chi connectivity index (χ0v) is 14.9. The summed E-state index contributed by atoms with van der Waals surface area (Å²) in [5, 5.41) is 2.13. The lowest BCUT2D eigenvalue weighted by Gasteiger charge is -2.12. The monoisotopic (exact) mass is 381 g/mol. The first-order valence-electron chi connectivity index (χ1n) is 6.95. The highest BCUT2D eigenvalue weighted by Crippen LogP contribution is 2.30. The molecule has 0 bridgehead atoms. The molecule has 0 radical (unpaired) electrons. The van der Waals surface area contributed by atoms with Gasteiger partial charge >= 0.3 is 0 Å². The Labute approximate surface area is 150 Å². The summed E-state index contributed by atoms with van der Waals surface area (Å²) in [5.74, 6) is 0.698. The van der Waals surface area contributed by atoms with Gasteiger partial charge in [0, 0.05) is 15.4 Å². The Kier molecular flexibility index (Phi) is 4.58. The molecule has 124 valence electrons. The van der Waals surface area contributed by atoms with Crippen molar-refractivity contribution in [1.82, 2.24) is 0 Å². The first kappa shape index (κ1) is 16.9. The average Bonchev–Trinajstić information content (AvgIpc) is 2.53. The molecule has 0 heterocycles. The molecule has 0 aliphatic carbocycles. The van der Waals surface area contributed by atoms with Crippen molar-refractivity contribution in [2.75, 3.05) is 11.8 Å². The zero-order valence-electron chi connectivity index (χ0n) is 12.6. The summed E-state index contributed by atoms with van der Waals surface area (Å²) in [7, 11) is -2.24. The van der Waals surface area contributed by atoms with Gasteiger partial charge in [-0.1, -0.05) is 35.3 Å². The lowest BCUT2D eigenvalue weighted by molar-refractivity contribution is 0.415. The molecule has 0 aromatic heterocycles. The first-order valence-corrected chi connectivity index (χ1v) is 9.19. The molecule has 0 fully saturated rings. The Bertz CT molecular complexity index is 999. The van der Waals surface area contributed by atoms with Gasteiger partial charge in [-0.05, 0) is 47.9 Å². The van der Waals surface area contributed by atoms with E-state index < -0.39 is 10.0 Å². The molecule has 0 amide bonds. The number of hydrogen-bond acceptors (Lipinski definition) is 3. The lowest BCUT2D eigenvalue weighted by Crippen LogP contribution is -2.13. The summed E-state index contributed by atoms with van der Waals surface area (Å²) in [6, 6.07) is 14.9. The molecule has 7 heteroatoms. The van der Waals surface area contributed by atoms with Crippen LogP contribution in [0.15, 0.2) is 59.5 Å². The van der Waals surface area contributed by atoms with Gasteiger partial charge in [-0.3, -0.25) is 4.72 Å². The maximum absolute atomic E-state index is 12.6. The van der Waals surface area contributed by atoms with Crippen molar-refractivity contribution < 1.29 is 13.2 Å². The summed E-state index contributed by atoms with van der Waals surface area (Å²) in [5.41, 5.74) is 0.464. The topological polar surface area (TPSA) is 55.4 Å². The molecule has 4 nitrogen and oxygen atoms in total. The number of benzene rings is 3. The van der Waals surface area contributed by atoms with Crippen LogP contribution >= 0.6 is 23.2 Å². The molecule has 0 atom stereocenters. The Morgan fingerprint density at radius 1 is 0.958 bits per heavy atom. The highest BCUT2D eigenvalue weighted by Gasteiger charge is 2.17. The molecule has 3 aromatic rings. The minimum absolute atomic E-state index is 0.00511. The summed E-state index contributed by atoms with van der Waals surface area (Å²) < 4.78 is 33.0. The quantitative estimate of drug-likeness (QED) is 0.694. The number of rotatable bonds is 4. The molecule has 0 unspecified atom stereocenters. The van der Waals surface area contributed by atoms with Crippen LogP contribution in [0.3, 0.4) is 0 Å². The molecule has 3 rings (SSSR count). The van der Waals surface area contributed by atoms with E-state index in [4.69, 9.17) is 27.9 Å². The van der Waals surface area contributed by atoms with Gasteiger partial charge in [0.25, 0.3) is 10.0 Å². The van der Waals surface area contributed by atoms with Crippen LogP contribution in [0.2, 0.25) is 10.0 Å². The van der Waals surface area contributed by atoms with Crippen LogP contribution in [0.5, 0.6) is 5.75 Å². The van der Waals surface area contributed by atoms with E-state index in [-0.39, 0.29) is 14.9 Å². The third-order valence-electron chi connectivity index (χ3n) is 3.48. The van der Waals surface area contributed by atoms with Crippen molar-refractivity contribution in [3.63, 3.8) is 0 Å². The summed E-state index contributed by atoms with van der Waals surface area (Å²) in [4.78, 5) is 0.00511. The van der Waals surface area contributed by atoms with Gasteiger partial charge in [-0.25, -0.2) is 8.42 Å². The third-order valence-corrected chi connectivity index (χ3v) is 5.26. The second kappa shape index (κ2) is 6.51. The van der Waals surface area contributed by atoms with Crippen LogP contribution in [0.4, 0.5) is 5.69 Å². The van der Waals surface area contributed by atoms with E-state index in [0.29, 0.717) is 11.4 Å². The van der Waals surface area contributed by atoms with Crippen molar-refractivity contribution in [2.24, 2.45) is 0 Å². The van der Waals surface area contributed by atoms with Gasteiger partial charge in [0.05, 0.1) is 17.7 Å². The van der Waals surface area contributed by atoms with Gasteiger partial charge in [-0.15, -0.1) is 0 Å². The van der Waals surface area contributed by atoms with Gasteiger partial charge in [-0.2, -0.15) is 0 Å². The van der Waals surface area contributed by atoms with Gasteiger partial charge in [0.15, 0.2) is 0 Å². The Balaban J connectivity index is 2.05. The lowest BCUT2D eigenvalue weighted by atomic mass is 10.1. The van der Waals surface area contributed by atoms with E-state index >= 15 is 0 Å². The number of hydrogen-bond donors (Lipinski definition) is 1. The molecular weight excluding hydrogens is 369 g/mol. The fraction of sp³-hybridized carbons (Fsp3) is 0.0588. The van der Waals surface area contributed by atoms with Crippen LogP contribution < -0.4 is 9.46 Å². The number of halogens is 2. The fourth-order valence-electron chi connectivity index (χ4n) is 2.37. The van der Waals surface area contributed by atoms with Crippen molar-refractivity contribution >= 4 is 49.7 Å². The smallest absolute Gasteiger partial charge is 0.262 e. The van der Waals surface area contributed by atoms with Crippen LogP contribution in [0.1, 0.15) is 0 Å². The number of nitrogens with one attached hydrogen (secondary N) is 1. The van der Waals surface area contributed by atoms with Crippen LogP contribution in [0, 0.1) is 0 Å². The van der Waals surface area contributed by atoms with E-state index in [2.05, 4.69) is 4.72 Å². The Morgan fingerprint density at radius 3 is 2.33 bits per heavy atom. The maximum atomic E-state index is 12.6. The average molecular weight is 382 g/mol. The summed E-state index contributed by atoms with van der Waals surface area (Å²) in [6.07, 6.45) is 0. The molecule has 0 saturated carbocycles. The normalized spacial score (nSPS) is 11.5. The number of ether oxygens (including phenoxy) is 1. The predicted octanol–water partition coefficient (Wildman–Crippen LogP) is 4.96. The first-order chi connectivity index (χ1) is 11.4. The van der Waals surface area contributed by atoms with Gasteiger partial charge in [0.2, 0.25) is 0 Å². The summed E-state index contributed by atoms with van der Waals surface area (Å²) in [6.45, 7) is 0. The molecule has 24 heavy (non-hydrogen) atoms. The van der Waals surface area contributed by atoms with E-state index in [1.54, 1.807) is 31.4 Å². The zero-order chi connectivity index (χ0) is 17.3. The van der Waals surface area contributed by atoms with E-state index in [0.717, 1.165) is 10.8 Å². The minimum Gasteiger partial charge on any atom is -0.497 e. The van der Waals surface area contributed by atoms with Crippen molar-refractivity contribution in [1.29, 1.82) is 0 Å². The minimum atomic E-state index is -3.82. The molecule has 1 N–H and O–H groups in total. The SMILES string of the molecule is COc1ccc2c(NS(=O)(=O)c3cc(Cl)cc(Cl)c3)cccc2c1. The molecule has 0 aliphatic heterocycles. The molecule has 0 spiro atoms. The summed E-state index contributed by atoms with van der Waals surface area (Å²) >= 11 is 11.8. The fourth-order valence-corrected chi connectivity index (χ4v) is 4.17. The predicted molar refractivity (Wildman–Crippen MR) is 97.8 cm³/mol. The Morgan fingerprint density at radius 2 is 1.67 bits per heavy atom. The highest BCUT2D eigenvalue weighted by atomic mass is 35.5. The number of fused-ring (bicyclic) bond motifs is 1. The van der Waals surface area contributed by atoms with Crippen LogP contribution in [0.25, 0.3) is 10.8 Å². The molecule has 0 aliphatic rings. The van der Waals surface area contributed by atoms with E-state index in [9.17, 15) is 8.42 Å². The van der Waals surface area contributed by atoms with Gasteiger partial charge in [0.1, 0.15) is 5.75 Å². The maximum Gasteiger partial charge on any atom is 0.262 e. The van der Waals surface area contributed by atoms with Crippen LogP contribution in [-0.2, 0) is 10.0 Å². The van der Waals surface area contributed by atoms with Crippen molar-refractivity contribution in [3.05, 3.63) is 64.6 Å².